The van der Waals surface area contributed by atoms with Crippen LogP contribution in [0.2, 0.25) is 0 Å². The van der Waals surface area contributed by atoms with Crippen molar-refractivity contribution in [3.05, 3.63) is 59.7 Å². The number of fused-ring (bicyclic) bond motifs is 3. The van der Waals surface area contributed by atoms with Crippen molar-refractivity contribution in [2.75, 3.05) is 32.8 Å². The summed E-state index contributed by atoms with van der Waals surface area (Å²) in [7, 11) is 0. The molecule has 1 aliphatic rings. The summed E-state index contributed by atoms with van der Waals surface area (Å²) in [4.78, 5) is 23.3. The Kier molecular flexibility index (Phi) is 6.27. The summed E-state index contributed by atoms with van der Waals surface area (Å²) >= 11 is 0. The van der Waals surface area contributed by atoms with Crippen LogP contribution in [0.1, 0.15) is 17.0 Å². The number of hydrogen-bond donors (Lipinski definition) is 4. The molecule has 0 spiro atoms. The Morgan fingerprint density at radius 3 is 2.04 bits per heavy atom. The maximum Gasteiger partial charge on any atom is 0.407 e. The number of hydrogen-bond acceptors (Lipinski definition) is 4. The van der Waals surface area contributed by atoms with Gasteiger partial charge in [0.15, 0.2) is 0 Å². The largest absolute Gasteiger partial charge is 0.449 e. The Bertz CT molecular complexity index is 764. The van der Waals surface area contributed by atoms with Gasteiger partial charge in [-0.15, -0.1) is 0 Å². The van der Waals surface area contributed by atoms with Crippen LogP contribution < -0.4 is 21.7 Å². The van der Waals surface area contributed by atoms with Gasteiger partial charge in [-0.25, -0.2) is 9.59 Å². The molecule has 0 atom stereocenters. The fourth-order valence-corrected chi connectivity index (χ4v) is 3.24. The average Bonchev–Trinajstić information content (AvgIpc) is 3.02. The summed E-state index contributed by atoms with van der Waals surface area (Å²) in [5, 5.41) is 7.84. The van der Waals surface area contributed by atoms with Crippen LogP contribution in [0, 0.1) is 0 Å². The van der Waals surface area contributed by atoms with Gasteiger partial charge in [0.1, 0.15) is 6.61 Å². The summed E-state index contributed by atoms with van der Waals surface area (Å²) in [6, 6.07) is 16.1. The molecule has 0 heterocycles. The molecule has 5 N–H and O–H groups in total. The van der Waals surface area contributed by atoms with E-state index in [9.17, 15) is 9.59 Å². The van der Waals surface area contributed by atoms with E-state index >= 15 is 0 Å². The van der Waals surface area contributed by atoms with Crippen LogP contribution in [0.15, 0.2) is 48.5 Å². The molecule has 0 fully saturated rings. The molecule has 1 aliphatic carbocycles. The highest BCUT2D eigenvalue weighted by molar-refractivity contribution is 5.79. The van der Waals surface area contributed by atoms with Crippen LogP contribution in [0.4, 0.5) is 9.59 Å². The normalized spacial score (nSPS) is 12.0. The molecule has 2 aromatic rings. The molecule has 7 heteroatoms. The van der Waals surface area contributed by atoms with Gasteiger partial charge in [-0.1, -0.05) is 48.5 Å². The van der Waals surface area contributed by atoms with Crippen molar-refractivity contribution in [1.82, 2.24) is 16.0 Å². The van der Waals surface area contributed by atoms with E-state index in [1.807, 2.05) is 24.3 Å². The minimum Gasteiger partial charge on any atom is -0.449 e. The smallest absolute Gasteiger partial charge is 0.407 e. The number of carbonyl (C=O) groups excluding carboxylic acids is 2. The van der Waals surface area contributed by atoms with Crippen molar-refractivity contribution >= 4 is 12.1 Å². The average molecular weight is 368 g/mol. The van der Waals surface area contributed by atoms with Gasteiger partial charge >= 0.3 is 12.1 Å². The van der Waals surface area contributed by atoms with Gasteiger partial charge in [-0.3, -0.25) is 0 Å². The van der Waals surface area contributed by atoms with Crippen molar-refractivity contribution in [1.29, 1.82) is 0 Å². The minimum absolute atomic E-state index is 0.0308. The fraction of sp³-hybridized carbons (Fsp3) is 0.300. The molecular formula is C20H24N4O3. The van der Waals surface area contributed by atoms with Crippen molar-refractivity contribution < 1.29 is 14.3 Å². The summed E-state index contributed by atoms with van der Waals surface area (Å²) in [6.07, 6.45) is -0.499. The Hall–Kier alpha value is -3.06. The first-order chi connectivity index (χ1) is 13.2. The van der Waals surface area contributed by atoms with Crippen molar-refractivity contribution in [2.45, 2.75) is 5.92 Å². The molecule has 2 aromatic carbocycles. The van der Waals surface area contributed by atoms with Crippen LogP contribution >= 0.6 is 0 Å². The van der Waals surface area contributed by atoms with E-state index in [2.05, 4.69) is 40.2 Å². The molecule has 0 unspecified atom stereocenters. The van der Waals surface area contributed by atoms with Gasteiger partial charge < -0.3 is 26.4 Å². The number of urea groups is 1. The van der Waals surface area contributed by atoms with E-state index in [-0.39, 0.29) is 25.1 Å². The van der Waals surface area contributed by atoms with Gasteiger partial charge in [0.05, 0.1) is 0 Å². The lowest BCUT2D eigenvalue weighted by molar-refractivity contribution is 0.143. The highest BCUT2D eigenvalue weighted by Gasteiger charge is 2.28. The van der Waals surface area contributed by atoms with Gasteiger partial charge in [0.25, 0.3) is 0 Å². The lowest BCUT2D eigenvalue weighted by Crippen LogP contribution is -2.42. The van der Waals surface area contributed by atoms with Crippen molar-refractivity contribution in [3.63, 3.8) is 0 Å². The van der Waals surface area contributed by atoms with Crippen LogP contribution in [-0.4, -0.2) is 44.9 Å². The second-order valence-electron chi connectivity index (χ2n) is 6.22. The van der Waals surface area contributed by atoms with E-state index < -0.39 is 6.09 Å². The maximum absolute atomic E-state index is 12.0. The second-order valence-corrected chi connectivity index (χ2v) is 6.22. The molecule has 0 bridgehead atoms. The van der Waals surface area contributed by atoms with Gasteiger partial charge in [-0.2, -0.15) is 0 Å². The first kappa shape index (κ1) is 18.7. The zero-order valence-electron chi connectivity index (χ0n) is 15.0. The molecule has 0 aliphatic heterocycles. The molecule has 0 saturated heterocycles. The first-order valence-corrected chi connectivity index (χ1v) is 9.01. The molecule has 0 radical (unpaired) electrons. The number of carbonyl (C=O) groups is 2. The monoisotopic (exact) mass is 368 g/mol. The zero-order valence-corrected chi connectivity index (χ0v) is 15.0. The van der Waals surface area contributed by atoms with Crippen LogP contribution in [0.3, 0.4) is 0 Å². The third-order valence-corrected chi connectivity index (χ3v) is 4.45. The van der Waals surface area contributed by atoms with Crippen molar-refractivity contribution in [2.24, 2.45) is 5.73 Å². The third kappa shape index (κ3) is 4.57. The number of nitrogens with one attached hydrogen (secondary N) is 3. The van der Waals surface area contributed by atoms with Gasteiger partial charge in [-0.05, 0) is 22.3 Å². The van der Waals surface area contributed by atoms with Crippen LogP contribution in [0.5, 0.6) is 0 Å². The minimum atomic E-state index is -0.499. The molecule has 27 heavy (non-hydrogen) atoms. The Balaban J connectivity index is 1.47. The lowest BCUT2D eigenvalue weighted by Gasteiger charge is -2.14. The SMILES string of the molecule is NCCNC(=O)NCCNC(=O)OCC1c2ccccc2-c2ccccc21. The summed E-state index contributed by atoms with van der Waals surface area (Å²) < 4.78 is 5.42. The van der Waals surface area contributed by atoms with Gasteiger partial charge in [0.2, 0.25) is 0 Å². The predicted molar refractivity (Wildman–Crippen MR) is 104 cm³/mol. The van der Waals surface area contributed by atoms with E-state index in [0.29, 0.717) is 19.6 Å². The number of benzene rings is 2. The first-order valence-electron chi connectivity index (χ1n) is 9.01. The molecule has 0 aromatic heterocycles. The number of ether oxygens (including phenoxy) is 1. The highest BCUT2D eigenvalue weighted by Crippen LogP contribution is 2.44. The van der Waals surface area contributed by atoms with Crippen LogP contribution in [0.25, 0.3) is 11.1 Å². The fourth-order valence-electron chi connectivity index (χ4n) is 3.24. The zero-order chi connectivity index (χ0) is 19.1. The molecule has 7 nitrogen and oxygen atoms in total. The van der Waals surface area contributed by atoms with Crippen molar-refractivity contribution in [3.8, 4) is 11.1 Å². The summed E-state index contributed by atoms with van der Waals surface area (Å²) in [5.74, 6) is 0.0308. The predicted octanol–water partition coefficient (Wildman–Crippen LogP) is 1.78. The topological polar surface area (TPSA) is 105 Å². The Labute approximate surface area is 158 Å². The maximum atomic E-state index is 12.0. The number of alkyl carbamates (subject to hydrolysis) is 1. The molecule has 142 valence electrons. The number of rotatable bonds is 7. The van der Waals surface area contributed by atoms with E-state index in [0.717, 1.165) is 0 Å². The quantitative estimate of drug-likeness (QED) is 0.559. The standard InChI is InChI=1S/C20H24N4O3/c21-9-10-22-19(25)23-11-12-24-20(26)27-13-18-16-7-3-1-5-14(16)15-6-2-4-8-17(15)18/h1-8,18H,9-13,21H2,(H,24,26)(H2,22,23,25). The Morgan fingerprint density at radius 2 is 1.41 bits per heavy atom. The van der Waals surface area contributed by atoms with E-state index in [1.165, 1.54) is 22.3 Å². The lowest BCUT2D eigenvalue weighted by atomic mass is 9.98. The number of nitrogens with two attached hydrogens (primary N) is 1. The highest BCUT2D eigenvalue weighted by atomic mass is 16.5. The molecular weight excluding hydrogens is 344 g/mol. The third-order valence-electron chi connectivity index (χ3n) is 4.45. The summed E-state index contributed by atoms with van der Waals surface area (Å²) in [6.45, 7) is 1.65. The molecule has 0 saturated carbocycles. The number of amides is 3. The Morgan fingerprint density at radius 1 is 0.852 bits per heavy atom. The van der Waals surface area contributed by atoms with Gasteiger partial charge in [0, 0.05) is 32.1 Å². The van der Waals surface area contributed by atoms with E-state index in [4.69, 9.17) is 10.5 Å². The van der Waals surface area contributed by atoms with Crippen LogP contribution in [-0.2, 0) is 4.74 Å². The van der Waals surface area contributed by atoms with E-state index in [1.54, 1.807) is 0 Å². The second kappa shape index (κ2) is 9.05. The molecule has 3 rings (SSSR count). The molecule has 3 amide bonds. The summed E-state index contributed by atoms with van der Waals surface area (Å²) in [5.41, 5.74) is 10.0.